The molecule has 0 aliphatic heterocycles. The molecular weight excluding hydrogens is 367 g/mol. The van der Waals surface area contributed by atoms with Crippen LogP contribution in [0.3, 0.4) is 0 Å². The van der Waals surface area contributed by atoms with Gasteiger partial charge in [-0.3, -0.25) is 9.59 Å². The number of nitrogens with one attached hydrogen (secondary N) is 1. The van der Waals surface area contributed by atoms with Gasteiger partial charge in [0.2, 0.25) is 0 Å². The first-order valence-corrected chi connectivity index (χ1v) is 8.16. The van der Waals surface area contributed by atoms with Crippen molar-refractivity contribution >= 4 is 40.9 Å². The molecule has 0 saturated heterocycles. The SMILES string of the molecule is Cc1ccccc1OCCC(=O)OCC(=O)Nc1ncc(Cl)cc1Cl. The number of benzene rings is 1. The van der Waals surface area contributed by atoms with Gasteiger partial charge in [0.25, 0.3) is 5.91 Å². The highest BCUT2D eigenvalue weighted by molar-refractivity contribution is 6.36. The summed E-state index contributed by atoms with van der Waals surface area (Å²) in [4.78, 5) is 27.3. The number of nitrogens with zero attached hydrogens (tertiary/aromatic N) is 1. The summed E-state index contributed by atoms with van der Waals surface area (Å²) >= 11 is 11.6. The Morgan fingerprint density at radius 3 is 2.72 bits per heavy atom. The van der Waals surface area contributed by atoms with Crippen molar-refractivity contribution in [3.63, 3.8) is 0 Å². The summed E-state index contributed by atoms with van der Waals surface area (Å²) in [5.74, 6) is -0.240. The van der Waals surface area contributed by atoms with E-state index in [4.69, 9.17) is 32.7 Å². The van der Waals surface area contributed by atoms with E-state index in [2.05, 4.69) is 10.3 Å². The van der Waals surface area contributed by atoms with Crippen molar-refractivity contribution in [3.8, 4) is 5.75 Å². The standard InChI is InChI=1S/C17H16Cl2N2O4/c1-11-4-2-3-5-14(11)24-7-6-16(23)25-10-15(22)21-17-13(19)8-12(18)9-20-17/h2-5,8-9H,6-7,10H2,1H3,(H,20,21,22). The number of aromatic nitrogens is 1. The molecule has 0 saturated carbocycles. The minimum absolute atomic E-state index is 0.0293. The zero-order valence-electron chi connectivity index (χ0n) is 13.4. The van der Waals surface area contributed by atoms with E-state index in [1.54, 1.807) is 0 Å². The summed E-state index contributed by atoms with van der Waals surface area (Å²) in [6, 6.07) is 8.92. The molecular formula is C17H16Cl2N2O4. The Kier molecular flexibility index (Phi) is 7.03. The molecule has 0 spiro atoms. The maximum absolute atomic E-state index is 11.7. The first-order chi connectivity index (χ1) is 12.0. The highest BCUT2D eigenvalue weighted by atomic mass is 35.5. The summed E-state index contributed by atoms with van der Waals surface area (Å²) < 4.78 is 10.4. The number of carbonyl (C=O) groups excluding carboxylic acids is 2. The third-order valence-electron chi connectivity index (χ3n) is 3.09. The lowest BCUT2D eigenvalue weighted by molar-refractivity contribution is -0.147. The van der Waals surface area contributed by atoms with E-state index in [-0.39, 0.29) is 23.9 Å². The Hall–Kier alpha value is -2.31. The molecule has 0 aliphatic rings. The minimum Gasteiger partial charge on any atom is -0.493 e. The fourth-order valence-corrected chi connectivity index (χ4v) is 2.28. The fourth-order valence-electron chi connectivity index (χ4n) is 1.86. The molecule has 0 fully saturated rings. The number of aryl methyl sites for hydroxylation is 1. The van der Waals surface area contributed by atoms with Gasteiger partial charge in [-0.25, -0.2) is 4.98 Å². The number of halogens is 2. The van der Waals surface area contributed by atoms with Crippen molar-refractivity contribution < 1.29 is 19.1 Å². The minimum atomic E-state index is -0.551. The van der Waals surface area contributed by atoms with E-state index < -0.39 is 18.5 Å². The van der Waals surface area contributed by atoms with Crippen LogP contribution in [-0.4, -0.2) is 30.1 Å². The lowest BCUT2D eigenvalue weighted by Gasteiger charge is -2.09. The molecule has 2 aromatic rings. The number of hydrogen-bond acceptors (Lipinski definition) is 5. The fraction of sp³-hybridized carbons (Fsp3) is 0.235. The molecule has 132 valence electrons. The van der Waals surface area contributed by atoms with Gasteiger partial charge in [0.05, 0.1) is 23.1 Å². The predicted molar refractivity (Wildman–Crippen MR) is 95.1 cm³/mol. The van der Waals surface area contributed by atoms with E-state index in [9.17, 15) is 9.59 Å². The molecule has 1 heterocycles. The second-order valence-electron chi connectivity index (χ2n) is 5.06. The van der Waals surface area contributed by atoms with Gasteiger partial charge < -0.3 is 14.8 Å². The van der Waals surface area contributed by atoms with Gasteiger partial charge in [0.15, 0.2) is 12.4 Å². The number of hydrogen-bond donors (Lipinski definition) is 1. The van der Waals surface area contributed by atoms with Gasteiger partial charge in [-0.15, -0.1) is 0 Å². The van der Waals surface area contributed by atoms with E-state index in [1.807, 2.05) is 31.2 Å². The van der Waals surface area contributed by atoms with Gasteiger partial charge in [0.1, 0.15) is 5.75 Å². The average Bonchev–Trinajstić information content (AvgIpc) is 2.57. The number of rotatable bonds is 7. The third-order valence-corrected chi connectivity index (χ3v) is 3.58. The van der Waals surface area contributed by atoms with Crippen LogP contribution in [0, 0.1) is 6.92 Å². The van der Waals surface area contributed by atoms with Crippen LogP contribution in [0.1, 0.15) is 12.0 Å². The van der Waals surface area contributed by atoms with Crippen LogP contribution in [0.4, 0.5) is 5.82 Å². The van der Waals surface area contributed by atoms with Crippen LogP contribution in [0.2, 0.25) is 10.0 Å². The monoisotopic (exact) mass is 382 g/mol. The number of ether oxygens (including phenoxy) is 2. The zero-order valence-corrected chi connectivity index (χ0v) is 14.9. The molecule has 0 radical (unpaired) electrons. The molecule has 0 unspecified atom stereocenters. The molecule has 0 aliphatic carbocycles. The van der Waals surface area contributed by atoms with Crippen LogP contribution >= 0.6 is 23.2 Å². The highest BCUT2D eigenvalue weighted by Crippen LogP contribution is 2.22. The van der Waals surface area contributed by atoms with E-state index in [0.717, 1.165) is 5.56 Å². The number of anilines is 1. The van der Waals surface area contributed by atoms with Crippen molar-refractivity contribution in [1.29, 1.82) is 0 Å². The molecule has 1 aromatic carbocycles. The summed E-state index contributed by atoms with van der Waals surface area (Å²) in [7, 11) is 0. The first-order valence-electron chi connectivity index (χ1n) is 7.40. The van der Waals surface area contributed by atoms with Crippen molar-refractivity contribution in [2.45, 2.75) is 13.3 Å². The van der Waals surface area contributed by atoms with Gasteiger partial charge >= 0.3 is 5.97 Å². The van der Waals surface area contributed by atoms with Crippen molar-refractivity contribution in [2.75, 3.05) is 18.5 Å². The maximum atomic E-state index is 11.7. The molecule has 8 heteroatoms. The van der Waals surface area contributed by atoms with Crippen molar-refractivity contribution in [2.24, 2.45) is 0 Å². The quantitative estimate of drug-likeness (QED) is 0.739. The lowest BCUT2D eigenvalue weighted by Crippen LogP contribution is -2.22. The van der Waals surface area contributed by atoms with Gasteiger partial charge in [0, 0.05) is 6.20 Å². The molecule has 1 amide bonds. The first kappa shape index (κ1) is 19.0. The summed E-state index contributed by atoms with van der Waals surface area (Å²) in [5.41, 5.74) is 0.975. The number of carbonyl (C=O) groups is 2. The Labute approximate surface area is 155 Å². The van der Waals surface area contributed by atoms with Crippen LogP contribution in [0.5, 0.6) is 5.75 Å². The Morgan fingerprint density at radius 2 is 2.00 bits per heavy atom. The summed E-state index contributed by atoms with van der Waals surface area (Å²) in [6.07, 6.45) is 1.37. The van der Waals surface area contributed by atoms with E-state index in [0.29, 0.717) is 10.8 Å². The molecule has 25 heavy (non-hydrogen) atoms. The molecule has 1 aromatic heterocycles. The third kappa shape index (κ3) is 6.25. The predicted octanol–water partition coefficient (Wildman–Crippen LogP) is 3.65. The number of amides is 1. The molecule has 6 nitrogen and oxygen atoms in total. The molecule has 1 N–H and O–H groups in total. The summed E-state index contributed by atoms with van der Waals surface area (Å²) in [6.45, 7) is 1.63. The van der Waals surface area contributed by atoms with E-state index >= 15 is 0 Å². The van der Waals surface area contributed by atoms with Gasteiger partial charge in [-0.1, -0.05) is 41.4 Å². The van der Waals surface area contributed by atoms with Crippen molar-refractivity contribution in [1.82, 2.24) is 4.98 Å². The van der Waals surface area contributed by atoms with Gasteiger partial charge in [-0.2, -0.15) is 0 Å². The molecule has 0 bridgehead atoms. The second-order valence-corrected chi connectivity index (χ2v) is 5.90. The molecule has 2 rings (SSSR count). The van der Waals surface area contributed by atoms with Crippen LogP contribution in [0.15, 0.2) is 36.5 Å². The Balaban J connectivity index is 1.70. The van der Waals surface area contributed by atoms with Crippen LogP contribution in [0.25, 0.3) is 0 Å². The van der Waals surface area contributed by atoms with E-state index in [1.165, 1.54) is 12.3 Å². The molecule has 0 atom stereocenters. The Morgan fingerprint density at radius 1 is 1.24 bits per heavy atom. The number of pyridine rings is 1. The summed E-state index contributed by atoms with van der Waals surface area (Å²) in [5, 5.41) is 2.98. The van der Waals surface area contributed by atoms with Crippen LogP contribution < -0.4 is 10.1 Å². The largest absolute Gasteiger partial charge is 0.493 e. The average molecular weight is 383 g/mol. The highest BCUT2D eigenvalue weighted by Gasteiger charge is 2.11. The smallest absolute Gasteiger partial charge is 0.309 e. The zero-order chi connectivity index (χ0) is 18.2. The van der Waals surface area contributed by atoms with Crippen LogP contribution in [-0.2, 0) is 14.3 Å². The van der Waals surface area contributed by atoms with Gasteiger partial charge in [-0.05, 0) is 24.6 Å². The lowest BCUT2D eigenvalue weighted by atomic mass is 10.2. The normalized spacial score (nSPS) is 10.2. The maximum Gasteiger partial charge on any atom is 0.309 e. The Bertz CT molecular complexity index is 768. The number of para-hydroxylation sites is 1. The topological polar surface area (TPSA) is 77.5 Å². The van der Waals surface area contributed by atoms with Crippen molar-refractivity contribution in [3.05, 3.63) is 52.1 Å². The number of esters is 1. The second kappa shape index (κ2) is 9.25.